The van der Waals surface area contributed by atoms with Crippen LogP contribution in [0.3, 0.4) is 0 Å². The highest BCUT2D eigenvalue weighted by molar-refractivity contribution is 9.10. The number of aromatic nitrogens is 2. The number of hydrogen-bond acceptors (Lipinski definition) is 5. The Bertz CT molecular complexity index is 1330. The number of carbonyl (C=O) groups excluding carboxylic acids is 1. The van der Waals surface area contributed by atoms with Gasteiger partial charge in [0.15, 0.2) is 0 Å². The van der Waals surface area contributed by atoms with Crippen molar-refractivity contribution in [2.24, 2.45) is 10.9 Å². The molecule has 0 radical (unpaired) electrons. The van der Waals surface area contributed by atoms with Crippen molar-refractivity contribution in [3.8, 4) is 11.3 Å². The summed E-state index contributed by atoms with van der Waals surface area (Å²) in [5.41, 5.74) is 6.32. The van der Waals surface area contributed by atoms with Crippen molar-refractivity contribution in [3.05, 3.63) is 52.6 Å². The number of hydrogen-bond donors (Lipinski definition) is 0. The molecule has 3 aliphatic rings. The minimum atomic E-state index is -0.499. The number of rotatable bonds is 2. The number of carbonyl (C=O) groups is 1. The maximum Gasteiger partial charge on any atom is 0.411 e. The van der Waals surface area contributed by atoms with Crippen LogP contribution in [0, 0.1) is 5.92 Å². The molecule has 1 aliphatic carbocycles. The summed E-state index contributed by atoms with van der Waals surface area (Å²) in [5.74, 6) is 0.581. The summed E-state index contributed by atoms with van der Waals surface area (Å²) >= 11 is 3.48. The first-order valence-electron chi connectivity index (χ1n) is 11.4. The van der Waals surface area contributed by atoms with Crippen LogP contribution < -0.4 is 0 Å². The number of benzene rings is 2. The van der Waals surface area contributed by atoms with E-state index in [1.54, 1.807) is 0 Å². The highest BCUT2D eigenvalue weighted by Crippen LogP contribution is 2.50. The molecule has 0 bridgehead atoms. The SMILES string of the molecule is CC(C)(C)OC(=O)N1C(C2=Nc3ccc(-c4cnc5cc(Br)ccc5n4)cc3C2)C[C@H]2C[C@H]21. The lowest BCUT2D eigenvalue weighted by molar-refractivity contribution is 0.0230. The van der Waals surface area contributed by atoms with E-state index in [-0.39, 0.29) is 12.1 Å². The smallest absolute Gasteiger partial charge is 0.411 e. The number of likely N-dealkylation sites (tertiary alicyclic amines) is 1. The van der Waals surface area contributed by atoms with Crippen LogP contribution >= 0.6 is 15.9 Å². The van der Waals surface area contributed by atoms with E-state index in [2.05, 4.69) is 39.1 Å². The van der Waals surface area contributed by atoms with Crippen molar-refractivity contribution >= 4 is 44.5 Å². The molecule has 3 aromatic rings. The zero-order valence-electron chi connectivity index (χ0n) is 18.9. The Morgan fingerprint density at radius 3 is 2.79 bits per heavy atom. The summed E-state index contributed by atoms with van der Waals surface area (Å²) in [7, 11) is 0. The van der Waals surface area contributed by atoms with Gasteiger partial charge in [-0.1, -0.05) is 22.0 Å². The van der Waals surface area contributed by atoms with Gasteiger partial charge in [-0.2, -0.15) is 0 Å². The highest BCUT2D eigenvalue weighted by atomic mass is 79.9. The second kappa shape index (κ2) is 7.35. The lowest BCUT2D eigenvalue weighted by Crippen LogP contribution is -2.45. The van der Waals surface area contributed by atoms with E-state index in [0.717, 1.165) is 57.4 Å². The fourth-order valence-electron chi connectivity index (χ4n) is 5.03. The van der Waals surface area contributed by atoms with Gasteiger partial charge in [0.2, 0.25) is 0 Å². The Labute approximate surface area is 201 Å². The summed E-state index contributed by atoms with van der Waals surface area (Å²) in [6, 6.07) is 12.5. The summed E-state index contributed by atoms with van der Waals surface area (Å²) in [6.45, 7) is 5.75. The van der Waals surface area contributed by atoms with Crippen LogP contribution in [-0.4, -0.2) is 44.4 Å². The van der Waals surface area contributed by atoms with E-state index in [9.17, 15) is 4.79 Å². The lowest BCUT2D eigenvalue weighted by Gasteiger charge is -2.30. The Hall–Kier alpha value is -2.80. The van der Waals surface area contributed by atoms with Crippen LogP contribution in [-0.2, 0) is 11.2 Å². The van der Waals surface area contributed by atoms with Crippen LogP contribution in [0.15, 0.2) is 52.1 Å². The molecule has 3 heterocycles. The second-order valence-corrected chi connectivity index (χ2v) is 11.1. The van der Waals surface area contributed by atoms with E-state index in [0.29, 0.717) is 12.0 Å². The van der Waals surface area contributed by atoms with Gasteiger partial charge in [0.25, 0.3) is 0 Å². The normalized spacial score (nSPS) is 23.3. The zero-order chi connectivity index (χ0) is 22.9. The van der Waals surface area contributed by atoms with Crippen LogP contribution in [0.5, 0.6) is 0 Å². The van der Waals surface area contributed by atoms with Crippen LogP contribution in [0.2, 0.25) is 0 Å². The molecule has 6 rings (SSSR count). The maximum absolute atomic E-state index is 12.9. The van der Waals surface area contributed by atoms with Crippen molar-refractivity contribution < 1.29 is 9.53 Å². The predicted molar refractivity (Wildman–Crippen MR) is 132 cm³/mol. The lowest BCUT2D eigenvalue weighted by atomic mass is 10.00. The Morgan fingerprint density at radius 2 is 1.97 bits per heavy atom. The summed E-state index contributed by atoms with van der Waals surface area (Å²) in [4.78, 5) is 29.2. The van der Waals surface area contributed by atoms with Gasteiger partial charge in [-0.3, -0.25) is 14.9 Å². The molecule has 0 spiro atoms. The maximum atomic E-state index is 12.9. The predicted octanol–water partition coefficient (Wildman–Crippen LogP) is 6.09. The first-order valence-corrected chi connectivity index (χ1v) is 12.2. The monoisotopic (exact) mass is 504 g/mol. The molecule has 1 amide bonds. The standard InChI is InChI=1S/C26H25BrN4O2/c1-26(2,3)33-25(32)31-23-10-16(23)11-24(31)21-9-15-8-14(4-6-18(15)29-21)22-13-28-20-12-17(27)5-7-19(20)30-22/h4-8,12-13,16,23-24H,9-11H2,1-3H3/t16-,23-,24?/m1/s1. The van der Waals surface area contributed by atoms with E-state index in [1.807, 2.05) is 50.1 Å². The van der Waals surface area contributed by atoms with Gasteiger partial charge in [0.05, 0.1) is 34.7 Å². The average Bonchev–Trinajstić information content (AvgIpc) is 3.22. The van der Waals surface area contributed by atoms with Gasteiger partial charge in [-0.25, -0.2) is 9.78 Å². The molecule has 0 N–H and O–H groups in total. The Morgan fingerprint density at radius 1 is 1.12 bits per heavy atom. The molecule has 2 aliphatic heterocycles. The number of halogens is 1. The molecule has 168 valence electrons. The molecule has 2 fully saturated rings. The first-order chi connectivity index (χ1) is 15.7. The topological polar surface area (TPSA) is 67.7 Å². The highest BCUT2D eigenvalue weighted by Gasteiger charge is 2.56. The number of fused-ring (bicyclic) bond motifs is 3. The number of nitrogens with zero attached hydrogens (tertiary/aromatic N) is 4. The van der Waals surface area contributed by atoms with Crippen LogP contribution in [0.1, 0.15) is 39.2 Å². The van der Waals surface area contributed by atoms with Crippen LogP contribution in [0.25, 0.3) is 22.3 Å². The number of amides is 1. The van der Waals surface area contributed by atoms with Crippen molar-refractivity contribution in [1.29, 1.82) is 0 Å². The fourth-order valence-corrected chi connectivity index (χ4v) is 5.38. The number of ether oxygens (including phenoxy) is 1. The third-order valence-corrected chi connectivity index (χ3v) is 7.10. The minimum absolute atomic E-state index is 0.0263. The van der Waals surface area contributed by atoms with Crippen molar-refractivity contribution in [2.75, 3.05) is 0 Å². The van der Waals surface area contributed by atoms with Gasteiger partial charge in [-0.05, 0) is 75.4 Å². The molecule has 1 unspecified atom stereocenters. The quantitative estimate of drug-likeness (QED) is 0.423. The molecule has 1 saturated carbocycles. The average molecular weight is 505 g/mol. The summed E-state index contributed by atoms with van der Waals surface area (Å²) in [5, 5.41) is 0. The largest absolute Gasteiger partial charge is 0.444 e. The van der Waals surface area contributed by atoms with Crippen molar-refractivity contribution in [1.82, 2.24) is 14.9 Å². The molecular weight excluding hydrogens is 480 g/mol. The van der Waals surface area contributed by atoms with E-state index in [4.69, 9.17) is 14.7 Å². The van der Waals surface area contributed by atoms with Crippen LogP contribution in [0.4, 0.5) is 10.5 Å². The minimum Gasteiger partial charge on any atom is -0.444 e. The van der Waals surface area contributed by atoms with Gasteiger partial charge < -0.3 is 4.74 Å². The molecule has 2 aromatic carbocycles. The van der Waals surface area contributed by atoms with Crippen molar-refractivity contribution in [2.45, 2.75) is 57.7 Å². The number of piperidine rings is 1. The van der Waals surface area contributed by atoms with Gasteiger partial charge in [0, 0.05) is 28.2 Å². The van der Waals surface area contributed by atoms with E-state index < -0.39 is 5.60 Å². The molecule has 3 atom stereocenters. The molecule has 1 aromatic heterocycles. The molecule has 6 nitrogen and oxygen atoms in total. The third-order valence-electron chi connectivity index (χ3n) is 6.61. The molecule has 7 heteroatoms. The van der Waals surface area contributed by atoms with E-state index in [1.165, 1.54) is 5.56 Å². The number of aliphatic imine (C=N–C) groups is 1. The fraction of sp³-hybridized carbons (Fsp3) is 0.385. The zero-order valence-corrected chi connectivity index (χ0v) is 20.5. The first kappa shape index (κ1) is 20.8. The third kappa shape index (κ3) is 3.82. The van der Waals surface area contributed by atoms with Gasteiger partial charge in [0.1, 0.15) is 5.60 Å². The van der Waals surface area contributed by atoms with Gasteiger partial charge >= 0.3 is 6.09 Å². The Kier molecular flexibility index (Phi) is 4.63. The van der Waals surface area contributed by atoms with E-state index >= 15 is 0 Å². The van der Waals surface area contributed by atoms with Gasteiger partial charge in [-0.15, -0.1) is 0 Å². The molecule has 33 heavy (non-hydrogen) atoms. The molecule has 1 saturated heterocycles. The summed E-state index contributed by atoms with van der Waals surface area (Å²) in [6.07, 6.45) is 4.42. The second-order valence-electron chi connectivity index (χ2n) is 10.2. The Balaban J connectivity index is 1.25. The molecular formula is C26H25BrN4O2. The van der Waals surface area contributed by atoms with Crippen molar-refractivity contribution in [3.63, 3.8) is 0 Å². The summed E-state index contributed by atoms with van der Waals surface area (Å²) < 4.78 is 6.71.